The molecule has 0 aliphatic rings. The third-order valence-electron chi connectivity index (χ3n) is 7.48. The molecule has 0 fully saturated rings. The van der Waals surface area contributed by atoms with E-state index in [2.05, 4.69) is 10.3 Å². The lowest BCUT2D eigenvalue weighted by atomic mass is 10.0. The van der Waals surface area contributed by atoms with E-state index < -0.39 is 0 Å². The van der Waals surface area contributed by atoms with Gasteiger partial charge in [-0.05, 0) is 65.7 Å². The van der Waals surface area contributed by atoms with Crippen LogP contribution in [0.4, 0.5) is 4.39 Å². The zero-order valence-corrected chi connectivity index (χ0v) is 25.5. The van der Waals surface area contributed by atoms with Crippen molar-refractivity contribution < 1.29 is 23.4 Å². The molecule has 6 rings (SSSR count). The van der Waals surface area contributed by atoms with Crippen LogP contribution >= 0.6 is 11.6 Å². The van der Waals surface area contributed by atoms with Gasteiger partial charge in [-0.3, -0.25) is 4.79 Å². The van der Waals surface area contributed by atoms with Crippen LogP contribution < -0.4 is 19.5 Å². The molecule has 45 heavy (non-hydrogen) atoms. The molecule has 0 aliphatic carbocycles. The van der Waals surface area contributed by atoms with Crippen molar-refractivity contribution in [3.05, 3.63) is 119 Å². The van der Waals surface area contributed by atoms with Crippen LogP contribution in [0.5, 0.6) is 17.2 Å². The Morgan fingerprint density at radius 2 is 1.62 bits per heavy atom. The second-order valence-electron chi connectivity index (χ2n) is 10.3. The summed E-state index contributed by atoms with van der Waals surface area (Å²) in [5, 5.41) is 5.54. The molecule has 0 saturated carbocycles. The molecule has 2 aromatic heterocycles. The van der Waals surface area contributed by atoms with Crippen molar-refractivity contribution in [2.45, 2.75) is 6.54 Å². The van der Waals surface area contributed by atoms with Crippen molar-refractivity contribution in [2.24, 2.45) is 0 Å². The lowest BCUT2D eigenvalue weighted by molar-refractivity contribution is -0.115. The number of hydrogen-bond acceptors (Lipinski definition) is 5. The quantitative estimate of drug-likeness (QED) is 0.126. The van der Waals surface area contributed by atoms with Crippen LogP contribution in [0.25, 0.3) is 44.7 Å². The van der Waals surface area contributed by atoms with Gasteiger partial charge in [-0.2, -0.15) is 0 Å². The van der Waals surface area contributed by atoms with E-state index >= 15 is 0 Å². The fourth-order valence-corrected chi connectivity index (χ4v) is 5.47. The van der Waals surface area contributed by atoms with Gasteiger partial charge in [0.05, 0.1) is 44.8 Å². The Morgan fingerprint density at radius 3 is 2.31 bits per heavy atom. The summed E-state index contributed by atoms with van der Waals surface area (Å²) < 4.78 is 30.9. The van der Waals surface area contributed by atoms with Gasteiger partial charge in [-0.1, -0.05) is 54.1 Å². The summed E-state index contributed by atoms with van der Waals surface area (Å²) >= 11 is 6.12. The van der Waals surface area contributed by atoms with Crippen LogP contribution in [-0.4, -0.2) is 37.2 Å². The Hall–Kier alpha value is -5.34. The number of amides is 1. The molecule has 0 bridgehead atoms. The summed E-state index contributed by atoms with van der Waals surface area (Å²) in [7, 11) is 4.56. The number of methoxy groups -OCH3 is 3. The van der Waals surface area contributed by atoms with Gasteiger partial charge in [0, 0.05) is 32.4 Å². The Kier molecular flexibility index (Phi) is 8.40. The Balaban J connectivity index is 1.41. The number of fused-ring (bicyclic) bond motifs is 3. The normalized spacial score (nSPS) is 11.5. The summed E-state index contributed by atoms with van der Waals surface area (Å²) in [4.78, 5) is 22.3. The lowest BCUT2D eigenvalue weighted by Crippen LogP contribution is -2.24. The zero-order chi connectivity index (χ0) is 31.5. The van der Waals surface area contributed by atoms with Crippen molar-refractivity contribution in [1.29, 1.82) is 0 Å². The van der Waals surface area contributed by atoms with E-state index in [0.29, 0.717) is 50.4 Å². The number of para-hydroxylation sites is 1. The molecule has 226 valence electrons. The summed E-state index contributed by atoms with van der Waals surface area (Å²) in [6.45, 7) is 0.110. The van der Waals surface area contributed by atoms with E-state index in [4.69, 9.17) is 30.8 Å². The fraction of sp³-hybridized carbons (Fsp3) is 0.111. The number of benzene rings is 4. The number of rotatable bonds is 9. The van der Waals surface area contributed by atoms with Gasteiger partial charge >= 0.3 is 0 Å². The SMILES string of the molecule is COc1cc(/C(=C\c2ccc(Cl)cc2)C(=O)NCc2cc3c([nH]c4ccccc43)c(-c3cccc(F)c3)n2)cc(OC)c1OC. The maximum atomic E-state index is 14.3. The number of pyridine rings is 1. The first kappa shape index (κ1) is 29.7. The van der Waals surface area contributed by atoms with Crippen molar-refractivity contribution >= 4 is 51.0 Å². The first-order valence-corrected chi connectivity index (χ1v) is 14.5. The third kappa shape index (κ3) is 6.05. The summed E-state index contributed by atoms with van der Waals surface area (Å²) in [5.74, 6) is 0.517. The molecule has 2 heterocycles. The Bertz CT molecular complexity index is 2050. The monoisotopic (exact) mass is 621 g/mol. The number of aromatic amines is 1. The predicted molar refractivity (Wildman–Crippen MR) is 176 cm³/mol. The number of ether oxygens (including phenoxy) is 3. The highest BCUT2D eigenvalue weighted by Crippen LogP contribution is 2.40. The lowest BCUT2D eigenvalue weighted by Gasteiger charge is -2.16. The van der Waals surface area contributed by atoms with Gasteiger partial charge < -0.3 is 24.5 Å². The van der Waals surface area contributed by atoms with Gasteiger partial charge in [-0.15, -0.1) is 0 Å². The minimum Gasteiger partial charge on any atom is -0.493 e. The van der Waals surface area contributed by atoms with Crippen LogP contribution in [0.2, 0.25) is 5.02 Å². The van der Waals surface area contributed by atoms with E-state index in [9.17, 15) is 9.18 Å². The molecule has 7 nitrogen and oxygen atoms in total. The highest BCUT2D eigenvalue weighted by molar-refractivity contribution is 6.30. The summed E-state index contributed by atoms with van der Waals surface area (Å²) in [6.07, 6.45) is 1.76. The number of aromatic nitrogens is 2. The van der Waals surface area contributed by atoms with Crippen LogP contribution in [0.15, 0.2) is 91.0 Å². The standard InChI is InChI=1S/C36H29ClFN3O4/c1-43-31-17-23(18-32(44-2)35(31)45-3)28(15-21-11-13-24(37)14-12-21)36(42)39-20-26-19-29-27-9-4-5-10-30(27)41-34(29)33(40-26)22-7-6-8-25(38)16-22/h4-19,41H,20H2,1-3H3,(H,39,42)/b28-15+. The third-order valence-corrected chi connectivity index (χ3v) is 7.73. The maximum Gasteiger partial charge on any atom is 0.252 e. The van der Waals surface area contributed by atoms with Crippen LogP contribution in [0.1, 0.15) is 16.8 Å². The summed E-state index contributed by atoms with van der Waals surface area (Å²) in [5.41, 5.74) is 5.23. The second kappa shape index (κ2) is 12.7. The Labute approximate surface area is 264 Å². The molecule has 4 aromatic carbocycles. The van der Waals surface area contributed by atoms with Gasteiger partial charge in [0.2, 0.25) is 5.75 Å². The van der Waals surface area contributed by atoms with Crippen molar-refractivity contribution in [1.82, 2.24) is 15.3 Å². The van der Waals surface area contributed by atoms with Gasteiger partial charge in [0.1, 0.15) is 5.82 Å². The smallest absolute Gasteiger partial charge is 0.252 e. The molecule has 1 amide bonds. The number of halogens is 2. The van der Waals surface area contributed by atoms with Crippen LogP contribution in [-0.2, 0) is 11.3 Å². The van der Waals surface area contributed by atoms with Crippen molar-refractivity contribution in [2.75, 3.05) is 21.3 Å². The van der Waals surface area contributed by atoms with E-state index in [1.54, 1.807) is 36.4 Å². The van der Waals surface area contributed by atoms with Crippen LogP contribution in [0.3, 0.4) is 0 Å². The van der Waals surface area contributed by atoms with E-state index in [-0.39, 0.29) is 18.3 Å². The number of nitrogens with zero attached hydrogens (tertiary/aromatic N) is 1. The van der Waals surface area contributed by atoms with Crippen LogP contribution in [0, 0.1) is 5.82 Å². The van der Waals surface area contributed by atoms with E-state index in [1.807, 2.05) is 48.5 Å². The number of H-pyrrole nitrogens is 1. The highest BCUT2D eigenvalue weighted by atomic mass is 35.5. The van der Waals surface area contributed by atoms with Gasteiger partial charge in [0.25, 0.3) is 5.91 Å². The minimum absolute atomic E-state index is 0.110. The molecule has 9 heteroatoms. The molecule has 6 aromatic rings. The average molecular weight is 622 g/mol. The molecular formula is C36H29ClFN3O4. The molecule has 0 aliphatic heterocycles. The van der Waals surface area contributed by atoms with E-state index in [0.717, 1.165) is 27.4 Å². The largest absolute Gasteiger partial charge is 0.493 e. The van der Waals surface area contributed by atoms with Crippen molar-refractivity contribution in [3.63, 3.8) is 0 Å². The topological polar surface area (TPSA) is 85.5 Å². The minimum atomic E-state index is -0.361. The highest BCUT2D eigenvalue weighted by Gasteiger charge is 2.20. The number of nitrogens with one attached hydrogen (secondary N) is 2. The molecule has 0 radical (unpaired) electrons. The predicted octanol–water partition coefficient (Wildman–Crippen LogP) is 8.06. The molecule has 0 spiro atoms. The zero-order valence-electron chi connectivity index (χ0n) is 24.8. The molecule has 2 N–H and O–H groups in total. The summed E-state index contributed by atoms with van der Waals surface area (Å²) in [6, 6.07) is 26.8. The fourth-order valence-electron chi connectivity index (χ4n) is 5.34. The number of hydrogen-bond donors (Lipinski definition) is 2. The number of carbonyl (C=O) groups is 1. The number of carbonyl (C=O) groups excluding carboxylic acids is 1. The van der Waals surface area contributed by atoms with Gasteiger partial charge in [-0.25, -0.2) is 9.37 Å². The van der Waals surface area contributed by atoms with Crippen molar-refractivity contribution in [3.8, 4) is 28.5 Å². The average Bonchev–Trinajstić information content (AvgIpc) is 3.44. The first-order valence-electron chi connectivity index (χ1n) is 14.1. The van der Waals surface area contributed by atoms with Gasteiger partial charge in [0.15, 0.2) is 11.5 Å². The molecule has 0 saturated heterocycles. The second-order valence-corrected chi connectivity index (χ2v) is 10.7. The van der Waals surface area contributed by atoms with E-state index in [1.165, 1.54) is 33.5 Å². The molecular weight excluding hydrogens is 593 g/mol. The Morgan fingerprint density at radius 1 is 0.889 bits per heavy atom. The molecule has 0 atom stereocenters. The molecule has 0 unspecified atom stereocenters. The first-order chi connectivity index (χ1) is 21.9. The maximum absolute atomic E-state index is 14.3.